The predicted octanol–water partition coefficient (Wildman–Crippen LogP) is 1.46. The summed E-state index contributed by atoms with van der Waals surface area (Å²) in [5, 5.41) is 8.59. The molecule has 1 fully saturated rings. The third kappa shape index (κ3) is 1.17. The molecule has 1 aromatic rings. The lowest BCUT2D eigenvalue weighted by Crippen LogP contribution is -2.45. The fourth-order valence-electron chi connectivity index (χ4n) is 1.35. The van der Waals surface area contributed by atoms with Crippen molar-refractivity contribution in [2.75, 3.05) is 11.4 Å². The van der Waals surface area contributed by atoms with Gasteiger partial charge in [-0.1, -0.05) is 6.58 Å². The van der Waals surface area contributed by atoms with Gasteiger partial charge in [0.15, 0.2) is 0 Å². The van der Waals surface area contributed by atoms with Crippen LogP contribution in [0.3, 0.4) is 0 Å². The number of carbonyl (C=O) groups is 1. The molecule has 1 heterocycles. The molecule has 0 unspecified atom stereocenters. The van der Waals surface area contributed by atoms with Gasteiger partial charge < -0.3 is 4.90 Å². The van der Waals surface area contributed by atoms with Crippen molar-refractivity contribution in [3.8, 4) is 6.07 Å². The fraction of sp³-hybridized carbons (Fsp3) is 0.0909. The first-order chi connectivity index (χ1) is 6.72. The number of hydrogen-bond donors (Lipinski definition) is 0. The summed E-state index contributed by atoms with van der Waals surface area (Å²) in [5.74, 6) is -0.0327. The third-order valence-electron chi connectivity index (χ3n) is 2.20. The maximum absolute atomic E-state index is 11.3. The highest BCUT2D eigenvalue weighted by Gasteiger charge is 2.29. The van der Waals surface area contributed by atoms with Crippen molar-refractivity contribution in [3.63, 3.8) is 0 Å². The SMILES string of the molecule is C=C1CN(c2ccc(C#N)cc2)C1=O. The molecule has 0 radical (unpaired) electrons. The number of benzene rings is 1. The second-order valence-corrected chi connectivity index (χ2v) is 3.15. The van der Waals surface area contributed by atoms with Crippen LogP contribution in [-0.2, 0) is 4.79 Å². The average Bonchev–Trinajstić information content (AvgIpc) is 2.25. The minimum absolute atomic E-state index is 0.0327. The number of amides is 1. The number of β-lactam (4-membered cyclic amide) rings is 1. The Morgan fingerprint density at radius 1 is 1.36 bits per heavy atom. The van der Waals surface area contributed by atoms with E-state index in [0.29, 0.717) is 17.7 Å². The number of hydrogen-bond acceptors (Lipinski definition) is 2. The predicted molar refractivity (Wildman–Crippen MR) is 52.7 cm³/mol. The van der Waals surface area contributed by atoms with Gasteiger partial charge >= 0.3 is 0 Å². The Labute approximate surface area is 81.9 Å². The van der Waals surface area contributed by atoms with Gasteiger partial charge in [0.25, 0.3) is 5.91 Å². The first kappa shape index (κ1) is 8.52. The van der Waals surface area contributed by atoms with Crippen molar-refractivity contribution in [1.29, 1.82) is 5.26 Å². The Balaban J connectivity index is 2.23. The van der Waals surface area contributed by atoms with E-state index in [-0.39, 0.29) is 5.91 Å². The zero-order valence-corrected chi connectivity index (χ0v) is 7.53. The van der Waals surface area contributed by atoms with Crippen molar-refractivity contribution in [2.24, 2.45) is 0 Å². The van der Waals surface area contributed by atoms with Gasteiger partial charge in [-0.2, -0.15) is 5.26 Å². The summed E-state index contributed by atoms with van der Waals surface area (Å²) < 4.78 is 0. The molecule has 1 saturated heterocycles. The van der Waals surface area contributed by atoms with Crippen molar-refractivity contribution < 1.29 is 4.79 Å². The number of nitriles is 1. The molecule has 0 bridgehead atoms. The lowest BCUT2D eigenvalue weighted by atomic mass is 10.1. The van der Waals surface area contributed by atoms with Crippen molar-refractivity contribution in [3.05, 3.63) is 42.0 Å². The van der Waals surface area contributed by atoms with Gasteiger partial charge in [-0.25, -0.2) is 0 Å². The van der Waals surface area contributed by atoms with E-state index in [1.807, 2.05) is 6.07 Å². The molecule has 0 N–H and O–H groups in total. The molecule has 3 nitrogen and oxygen atoms in total. The van der Waals surface area contributed by atoms with E-state index in [2.05, 4.69) is 6.58 Å². The summed E-state index contributed by atoms with van der Waals surface area (Å²) in [5.41, 5.74) is 2.05. The first-order valence-electron chi connectivity index (χ1n) is 4.22. The van der Waals surface area contributed by atoms with Crippen LogP contribution in [0.1, 0.15) is 5.56 Å². The van der Waals surface area contributed by atoms with Crippen LogP contribution < -0.4 is 4.90 Å². The lowest BCUT2D eigenvalue weighted by molar-refractivity contribution is -0.117. The average molecular weight is 184 g/mol. The monoisotopic (exact) mass is 184 g/mol. The van der Waals surface area contributed by atoms with Crippen LogP contribution in [0.15, 0.2) is 36.4 Å². The van der Waals surface area contributed by atoms with Crippen LogP contribution >= 0.6 is 0 Å². The Morgan fingerprint density at radius 2 is 2.00 bits per heavy atom. The molecular weight excluding hydrogens is 176 g/mol. The molecule has 14 heavy (non-hydrogen) atoms. The topological polar surface area (TPSA) is 44.1 Å². The van der Waals surface area contributed by atoms with Gasteiger partial charge in [0, 0.05) is 11.3 Å². The van der Waals surface area contributed by atoms with E-state index in [1.165, 1.54) is 0 Å². The summed E-state index contributed by atoms with van der Waals surface area (Å²) in [7, 11) is 0. The van der Waals surface area contributed by atoms with Crippen LogP contribution in [0.5, 0.6) is 0 Å². The molecule has 3 heteroatoms. The second kappa shape index (κ2) is 3.00. The Morgan fingerprint density at radius 3 is 2.43 bits per heavy atom. The smallest absolute Gasteiger partial charge is 0.255 e. The molecule has 0 atom stereocenters. The van der Waals surface area contributed by atoms with E-state index < -0.39 is 0 Å². The number of rotatable bonds is 1. The minimum atomic E-state index is -0.0327. The molecule has 1 amide bonds. The van der Waals surface area contributed by atoms with Gasteiger partial charge in [0.05, 0.1) is 18.2 Å². The summed E-state index contributed by atoms with van der Waals surface area (Å²) in [6.45, 7) is 4.20. The van der Waals surface area contributed by atoms with Crippen molar-refractivity contribution >= 4 is 11.6 Å². The zero-order chi connectivity index (χ0) is 10.1. The maximum Gasteiger partial charge on any atom is 0.255 e. The van der Waals surface area contributed by atoms with Crippen molar-refractivity contribution in [2.45, 2.75) is 0 Å². The molecule has 1 aliphatic rings. The van der Waals surface area contributed by atoms with E-state index in [4.69, 9.17) is 5.26 Å². The van der Waals surface area contributed by atoms with Crippen LogP contribution in [0.2, 0.25) is 0 Å². The Bertz CT molecular complexity index is 439. The first-order valence-corrected chi connectivity index (χ1v) is 4.22. The van der Waals surface area contributed by atoms with Gasteiger partial charge in [-0.05, 0) is 24.3 Å². The molecule has 1 aromatic carbocycles. The molecule has 2 rings (SSSR count). The molecule has 0 saturated carbocycles. The highest BCUT2D eigenvalue weighted by molar-refractivity contribution is 6.13. The second-order valence-electron chi connectivity index (χ2n) is 3.15. The van der Waals surface area contributed by atoms with E-state index in [0.717, 1.165) is 5.69 Å². The molecular formula is C11H8N2O. The molecule has 1 aliphatic heterocycles. The largest absolute Gasteiger partial charge is 0.304 e. The summed E-state index contributed by atoms with van der Waals surface area (Å²) in [4.78, 5) is 12.9. The number of carbonyl (C=O) groups excluding carboxylic acids is 1. The van der Waals surface area contributed by atoms with E-state index in [1.54, 1.807) is 29.2 Å². The normalized spacial score (nSPS) is 14.9. The standard InChI is InChI=1S/C11H8N2O/c1-8-7-13(11(8)14)10-4-2-9(6-12)3-5-10/h2-5H,1,7H2. The molecule has 0 aliphatic carbocycles. The fourth-order valence-corrected chi connectivity index (χ4v) is 1.35. The summed E-state index contributed by atoms with van der Waals surface area (Å²) in [6.07, 6.45) is 0. The van der Waals surface area contributed by atoms with Gasteiger partial charge in [-0.3, -0.25) is 4.79 Å². The van der Waals surface area contributed by atoms with Crippen LogP contribution in [0.25, 0.3) is 0 Å². The third-order valence-corrected chi connectivity index (χ3v) is 2.20. The lowest BCUT2D eigenvalue weighted by Gasteiger charge is -2.32. The molecule has 0 aromatic heterocycles. The van der Waals surface area contributed by atoms with E-state index >= 15 is 0 Å². The van der Waals surface area contributed by atoms with Crippen LogP contribution in [-0.4, -0.2) is 12.5 Å². The maximum atomic E-state index is 11.3. The van der Waals surface area contributed by atoms with E-state index in [9.17, 15) is 4.79 Å². The highest BCUT2D eigenvalue weighted by atomic mass is 16.2. The minimum Gasteiger partial charge on any atom is -0.304 e. The Kier molecular flexibility index (Phi) is 1.83. The number of anilines is 1. The highest BCUT2D eigenvalue weighted by Crippen LogP contribution is 2.24. The zero-order valence-electron chi connectivity index (χ0n) is 7.53. The van der Waals surface area contributed by atoms with Gasteiger partial charge in [0.2, 0.25) is 0 Å². The van der Waals surface area contributed by atoms with Gasteiger partial charge in [0.1, 0.15) is 0 Å². The molecule has 0 spiro atoms. The summed E-state index contributed by atoms with van der Waals surface area (Å²) >= 11 is 0. The quantitative estimate of drug-likeness (QED) is 0.490. The van der Waals surface area contributed by atoms with Crippen LogP contribution in [0.4, 0.5) is 5.69 Å². The number of nitrogens with zero attached hydrogens (tertiary/aromatic N) is 2. The van der Waals surface area contributed by atoms with Gasteiger partial charge in [-0.15, -0.1) is 0 Å². The Hall–Kier alpha value is -2.08. The van der Waals surface area contributed by atoms with Crippen LogP contribution in [0, 0.1) is 11.3 Å². The van der Waals surface area contributed by atoms with Crippen molar-refractivity contribution in [1.82, 2.24) is 0 Å². The summed E-state index contributed by atoms with van der Waals surface area (Å²) in [6, 6.07) is 8.96. The molecule has 68 valence electrons.